The second-order valence-corrected chi connectivity index (χ2v) is 6.15. The Kier molecular flexibility index (Phi) is 3.68. The third-order valence-corrected chi connectivity index (χ3v) is 4.19. The van der Waals surface area contributed by atoms with E-state index >= 15 is 0 Å². The Balaban J connectivity index is 1.79. The number of carbonyl (C=O) groups is 2. The lowest BCUT2D eigenvalue weighted by molar-refractivity contribution is -0.115. The number of likely N-dealkylation sites (N-methyl/N-ethyl adjacent to an activating group) is 1. The summed E-state index contributed by atoms with van der Waals surface area (Å²) in [5, 5.41) is 2.80. The number of amides is 2. The van der Waals surface area contributed by atoms with Gasteiger partial charge in [0.1, 0.15) is 0 Å². The van der Waals surface area contributed by atoms with Crippen LogP contribution in [0.4, 0.5) is 5.69 Å². The Morgan fingerprint density at radius 3 is 3.00 bits per heavy atom. The standard InChI is InChI=1S/C16H21N3O2/c1-18(2)10-13-4-3-7-19(13)16(21)11-5-6-14-12(8-11)9-15(20)17-14/h5-6,8,13H,3-4,7,9-10H2,1-2H3,(H,17,20). The van der Waals surface area contributed by atoms with Crippen molar-refractivity contribution >= 4 is 17.5 Å². The number of hydrogen-bond acceptors (Lipinski definition) is 3. The van der Waals surface area contributed by atoms with E-state index in [2.05, 4.69) is 10.2 Å². The Hall–Kier alpha value is -1.88. The van der Waals surface area contributed by atoms with Crippen molar-refractivity contribution < 1.29 is 9.59 Å². The normalized spacial score (nSPS) is 20.8. The molecule has 0 aromatic heterocycles. The average molecular weight is 287 g/mol. The highest BCUT2D eigenvalue weighted by molar-refractivity contribution is 6.01. The first-order valence-electron chi connectivity index (χ1n) is 7.43. The Labute approximate surface area is 124 Å². The quantitative estimate of drug-likeness (QED) is 0.913. The van der Waals surface area contributed by atoms with Crippen LogP contribution in [-0.4, -0.2) is 54.8 Å². The van der Waals surface area contributed by atoms with Crippen molar-refractivity contribution in [1.82, 2.24) is 9.80 Å². The maximum Gasteiger partial charge on any atom is 0.254 e. The number of anilines is 1. The zero-order chi connectivity index (χ0) is 15.0. The first-order chi connectivity index (χ1) is 10.0. The van der Waals surface area contributed by atoms with Gasteiger partial charge >= 0.3 is 0 Å². The van der Waals surface area contributed by atoms with Gasteiger partial charge in [-0.2, -0.15) is 0 Å². The fourth-order valence-corrected chi connectivity index (χ4v) is 3.24. The first kappa shape index (κ1) is 14.1. The molecule has 1 atom stereocenters. The largest absolute Gasteiger partial charge is 0.334 e. The molecule has 3 rings (SSSR count). The van der Waals surface area contributed by atoms with Gasteiger partial charge in [-0.3, -0.25) is 9.59 Å². The third kappa shape index (κ3) is 2.78. The lowest BCUT2D eigenvalue weighted by atomic mass is 10.1. The lowest BCUT2D eigenvalue weighted by Gasteiger charge is -2.27. The van der Waals surface area contributed by atoms with Gasteiger partial charge in [-0.25, -0.2) is 0 Å². The highest BCUT2D eigenvalue weighted by Crippen LogP contribution is 2.26. The van der Waals surface area contributed by atoms with Crippen molar-refractivity contribution in [1.29, 1.82) is 0 Å². The second-order valence-electron chi connectivity index (χ2n) is 6.15. The summed E-state index contributed by atoms with van der Waals surface area (Å²) in [6, 6.07) is 5.81. The molecule has 1 unspecified atom stereocenters. The lowest BCUT2D eigenvalue weighted by Crippen LogP contribution is -2.41. The number of nitrogens with one attached hydrogen (secondary N) is 1. The summed E-state index contributed by atoms with van der Waals surface area (Å²) in [4.78, 5) is 28.2. The van der Waals surface area contributed by atoms with Crippen LogP contribution >= 0.6 is 0 Å². The molecule has 2 aliphatic rings. The molecule has 1 aromatic rings. The Bertz CT molecular complexity index is 583. The Morgan fingerprint density at radius 1 is 1.43 bits per heavy atom. The van der Waals surface area contributed by atoms with Crippen LogP contribution < -0.4 is 5.32 Å². The average Bonchev–Trinajstić information content (AvgIpc) is 3.01. The molecule has 5 nitrogen and oxygen atoms in total. The molecule has 1 saturated heterocycles. The van der Waals surface area contributed by atoms with Crippen LogP contribution in [0, 0.1) is 0 Å². The molecule has 1 N–H and O–H groups in total. The topological polar surface area (TPSA) is 52.7 Å². The van der Waals surface area contributed by atoms with E-state index in [0.717, 1.165) is 37.2 Å². The molecule has 1 fully saturated rings. The first-order valence-corrected chi connectivity index (χ1v) is 7.43. The van der Waals surface area contributed by atoms with Crippen LogP contribution in [0.25, 0.3) is 0 Å². The monoisotopic (exact) mass is 287 g/mol. The zero-order valence-corrected chi connectivity index (χ0v) is 12.6. The fourth-order valence-electron chi connectivity index (χ4n) is 3.24. The molecule has 5 heteroatoms. The van der Waals surface area contributed by atoms with Crippen molar-refractivity contribution in [2.24, 2.45) is 0 Å². The van der Waals surface area contributed by atoms with Crippen LogP contribution in [0.15, 0.2) is 18.2 Å². The number of fused-ring (bicyclic) bond motifs is 1. The Morgan fingerprint density at radius 2 is 2.24 bits per heavy atom. The molecule has 112 valence electrons. The van der Waals surface area contributed by atoms with Gasteiger partial charge in [0.25, 0.3) is 5.91 Å². The number of rotatable bonds is 3. The molecule has 2 amide bonds. The summed E-state index contributed by atoms with van der Waals surface area (Å²) in [6.07, 6.45) is 2.50. The van der Waals surface area contributed by atoms with Crippen LogP contribution in [-0.2, 0) is 11.2 Å². The molecule has 21 heavy (non-hydrogen) atoms. The van der Waals surface area contributed by atoms with Gasteiger partial charge in [-0.05, 0) is 50.7 Å². The highest BCUT2D eigenvalue weighted by Gasteiger charge is 2.30. The maximum absolute atomic E-state index is 12.7. The van der Waals surface area contributed by atoms with Gasteiger partial charge in [-0.15, -0.1) is 0 Å². The molecule has 0 spiro atoms. The van der Waals surface area contributed by atoms with Gasteiger partial charge < -0.3 is 15.1 Å². The summed E-state index contributed by atoms with van der Waals surface area (Å²) < 4.78 is 0. The van der Waals surface area contributed by atoms with Gasteiger partial charge in [0.05, 0.1) is 6.42 Å². The van der Waals surface area contributed by atoms with Crippen LogP contribution in [0.3, 0.4) is 0 Å². The van der Waals surface area contributed by atoms with Crippen molar-refractivity contribution in [3.8, 4) is 0 Å². The molecule has 0 bridgehead atoms. The van der Waals surface area contributed by atoms with E-state index in [1.165, 1.54) is 0 Å². The highest BCUT2D eigenvalue weighted by atomic mass is 16.2. The summed E-state index contributed by atoms with van der Waals surface area (Å²) in [5.41, 5.74) is 2.45. The number of hydrogen-bond donors (Lipinski definition) is 1. The van der Waals surface area contributed by atoms with Gasteiger partial charge in [0.15, 0.2) is 0 Å². The molecule has 0 aliphatic carbocycles. The van der Waals surface area contributed by atoms with Gasteiger partial charge in [0, 0.05) is 30.4 Å². The minimum absolute atomic E-state index is 0.00116. The summed E-state index contributed by atoms with van der Waals surface area (Å²) in [7, 11) is 4.07. The van der Waals surface area contributed by atoms with Crippen LogP contribution in [0.5, 0.6) is 0 Å². The van der Waals surface area contributed by atoms with E-state index in [0.29, 0.717) is 18.0 Å². The predicted octanol–water partition coefficient (Wildman–Crippen LogP) is 1.35. The van der Waals surface area contributed by atoms with E-state index in [4.69, 9.17) is 0 Å². The van der Waals surface area contributed by atoms with E-state index in [1.54, 1.807) is 0 Å². The molecule has 0 saturated carbocycles. The number of benzene rings is 1. The minimum atomic E-state index is 0.00116. The van der Waals surface area contributed by atoms with Crippen molar-refractivity contribution in [2.75, 3.05) is 32.5 Å². The fraction of sp³-hybridized carbons (Fsp3) is 0.500. The van der Waals surface area contributed by atoms with Crippen LogP contribution in [0.2, 0.25) is 0 Å². The second kappa shape index (κ2) is 5.48. The van der Waals surface area contributed by atoms with E-state index in [1.807, 2.05) is 37.2 Å². The van der Waals surface area contributed by atoms with Crippen LogP contribution in [0.1, 0.15) is 28.8 Å². The van der Waals surface area contributed by atoms with E-state index < -0.39 is 0 Å². The summed E-state index contributed by atoms with van der Waals surface area (Å²) in [5.74, 6) is 0.0859. The van der Waals surface area contributed by atoms with Crippen molar-refractivity contribution in [2.45, 2.75) is 25.3 Å². The van der Waals surface area contributed by atoms with E-state index in [9.17, 15) is 9.59 Å². The van der Waals surface area contributed by atoms with Crippen molar-refractivity contribution in [3.05, 3.63) is 29.3 Å². The molecule has 2 heterocycles. The number of carbonyl (C=O) groups excluding carboxylic acids is 2. The minimum Gasteiger partial charge on any atom is -0.334 e. The number of likely N-dealkylation sites (tertiary alicyclic amines) is 1. The molecular formula is C16H21N3O2. The van der Waals surface area contributed by atoms with Gasteiger partial charge in [-0.1, -0.05) is 0 Å². The summed E-state index contributed by atoms with van der Waals surface area (Å²) in [6.45, 7) is 1.72. The maximum atomic E-state index is 12.7. The van der Waals surface area contributed by atoms with Gasteiger partial charge in [0.2, 0.25) is 5.91 Å². The molecule has 1 aromatic carbocycles. The molecule has 0 radical (unpaired) electrons. The molecule has 2 aliphatic heterocycles. The van der Waals surface area contributed by atoms with E-state index in [-0.39, 0.29) is 11.8 Å². The third-order valence-electron chi connectivity index (χ3n) is 4.19. The number of nitrogens with zero attached hydrogens (tertiary/aromatic N) is 2. The summed E-state index contributed by atoms with van der Waals surface area (Å²) >= 11 is 0. The zero-order valence-electron chi connectivity index (χ0n) is 12.6. The SMILES string of the molecule is CN(C)CC1CCCN1C(=O)c1ccc2c(c1)CC(=O)N2. The molecular weight excluding hydrogens is 266 g/mol. The van der Waals surface area contributed by atoms with Crippen molar-refractivity contribution in [3.63, 3.8) is 0 Å². The smallest absolute Gasteiger partial charge is 0.254 e. The predicted molar refractivity (Wildman–Crippen MR) is 81.4 cm³/mol.